The van der Waals surface area contributed by atoms with E-state index in [0.29, 0.717) is 24.4 Å². The standard InChI is InChI=1S/C24H31FN4O3/c1-3-26-20-12-16(25)11-19-22(20)28-23(32)24(19,2)29-10-4-5-18(13-29)27-17-8-6-15(7-9-17)21(31)14-30/h6-9,12,18-19,26-27,30H,3-5,10-11,13-14H2,1-2H3,(H,28,32)/t18-,19?,24?/m1/s1. The van der Waals surface area contributed by atoms with Gasteiger partial charge in [-0.25, -0.2) is 4.39 Å². The van der Waals surface area contributed by atoms with Crippen LogP contribution in [0.4, 0.5) is 10.1 Å². The van der Waals surface area contributed by atoms with E-state index in [1.807, 2.05) is 26.0 Å². The molecule has 4 rings (SSSR count). The van der Waals surface area contributed by atoms with Gasteiger partial charge >= 0.3 is 0 Å². The number of benzene rings is 1. The van der Waals surface area contributed by atoms with E-state index >= 15 is 0 Å². The second kappa shape index (κ2) is 9.03. The molecule has 1 aromatic carbocycles. The zero-order chi connectivity index (χ0) is 22.9. The average molecular weight is 443 g/mol. The normalized spacial score (nSPS) is 28.1. The number of allylic oxidation sites excluding steroid dienone is 2. The lowest BCUT2D eigenvalue weighted by Crippen LogP contribution is -2.59. The Hall–Kier alpha value is -2.71. The molecule has 0 aromatic heterocycles. The number of likely N-dealkylation sites (tertiary alicyclic amines) is 1. The van der Waals surface area contributed by atoms with E-state index < -0.39 is 12.1 Å². The third-order valence-corrected chi connectivity index (χ3v) is 6.89. The number of nitrogens with one attached hydrogen (secondary N) is 3. The first-order chi connectivity index (χ1) is 15.4. The van der Waals surface area contributed by atoms with Gasteiger partial charge in [-0.15, -0.1) is 0 Å². The second-order valence-corrected chi connectivity index (χ2v) is 8.90. The molecule has 3 aliphatic rings. The largest absolute Gasteiger partial charge is 0.388 e. The zero-order valence-electron chi connectivity index (χ0n) is 18.6. The van der Waals surface area contributed by atoms with Gasteiger partial charge in [0.2, 0.25) is 5.91 Å². The topological polar surface area (TPSA) is 93.7 Å². The van der Waals surface area contributed by atoms with Gasteiger partial charge in [0, 0.05) is 48.4 Å². The maximum atomic E-state index is 14.5. The third kappa shape index (κ3) is 4.04. The van der Waals surface area contributed by atoms with Crippen molar-refractivity contribution in [2.24, 2.45) is 5.92 Å². The number of aliphatic hydroxyl groups excluding tert-OH is 1. The molecular weight excluding hydrogens is 411 g/mol. The van der Waals surface area contributed by atoms with Gasteiger partial charge in [0.1, 0.15) is 18.0 Å². The number of Topliss-reactive ketones (excluding diaryl/α,β-unsaturated/α-hetero) is 1. The molecule has 2 fully saturated rings. The molecular formula is C24H31FN4O3. The van der Waals surface area contributed by atoms with Crippen LogP contribution in [0.1, 0.15) is 43.5 Å². The number of halogens is 1. The molecule has 7 nitrogen and oxygen atoms in total. The highest BCUT2D eigenvalue weighted by Crippen LogP contribution is 2.44. The summed E-state index contributed by atoms with van der Waals surface area (Å²) in [4.78, 5) is 27.0. The van der Waals surface area contributed by atoms with Gasteiger partial charge in [0.25, 0.3) is 0 Å². The summed E-state index contributed by atoms with van der Waals surface area (Å²) in [5, 5.41) is 18.7. The van der Waals surface area contributed by atoms with Crippen molar-refractivity contribution in [2.45, 2.75) is 44.7 Å². The van der Waals surface area contributed by atoms with Crippen LogP contribution in [0.25, 0.3) is 0 Å². The first-order valence-electron chi connectivity index (χ1n) is 11.3. The van der Waals surface area contributed by atoms with E-state index in [1.165, 1.54) is 6.08 Å². The first-order valence-corrected chi connectivity index (χ1v) is 11.3. The van der Waals surface area contributed by atoms with Crippen LogP contribution in [0.15, 0.2) is 47.6 Å². The highest BCUT2D eigenvalue weighted by Gasteiger charge is 2.55. The number of rotatable bonds is 7. The van der Waals surface area contributed by atoms with E-state index in [-0.39, 0.29) is 35.9 Å². The van der Waals surface area contributed by atoms with E-state index in [0.717, 1.165) is 30.8 Å². The van der Waals surface area contributed by atoms with Gasteiger partial charge in [-0.1, -0.05) is 0 Å². The van der Waals surface area contributed by atoms with Crippen molar-refractivity contribution < 1.29 is 19.1 Å². The smallest absolute Gasteiger partial charge is 0.245 e. The lowest BCUT2D eigenvalue weighted by Gasteiger charge is -2.45. The molecule has 172 valence electrons. The number of fused-ring (bicyclic) bond motifs is 1. The van der Waals surface area contributed by atoms with Gasteiger partial charge in [-0.3, -0.25) is 14.5 Å². The summed E-state index contributed by atoms with van der Waals surface area (Å²) in [5.74, 6) is -0.850. The highest BCUT2D eigenvalue weighted by molar-refractivity contribution is 5.97. The van der Waals surface area contributed by atoms with Gasteiger partial charge in [0.15, 0.2) is 5.78 Å². The number of piperidine rings is 1. The fourth-order valence-corrected chi connectivity index (χ4v) is 5.12. The molecule has 0 spiro atoms. The average Bonchev–Trinajstić information content (AvgIpc) is 3.05. The number of carbonyl (C=O) groups is 2. The number of hydrogen-bond acceptors (Lipinski definition) is 6. The number of ketones is 1. The van der Waals surface area contributed by atoms with Crippen molar-refractivity contribution in [3.63, 3.8) is 0 Å². The SMILES string of the molecule is CCNC1=C2NC(=O)C(C)(N3CCC[C@@H](Nc4ccc(C(=O)CO)cc4)C3)C2CC(F)=C1. The molecule has 8 heteroatoms. The molecule has 0 radical (unpaired) electrons. The molecule has 32 heavy (non-hydrogen) atoms. The van der Waals surface area contributed by atoms with Gasteiger partial charge in [-0.05, 0) is 63.6 Å². The maximum Gasteiger partial charge on any atom is 0.245 e. The minimum absolute atomic E-state index is 0.0801. The van der Waals surface area contributed by atoms with Crippen LogP contribution in [0.5, 0.6) is 0 Å². The van der Waals surface area contributed by atoms with Crippen LogP contribution in [0.2, 0.25) is 0 Å². The third-order valence-electron chi connectivity index (χ3n) is 6.89. The fraction of sp³-hybridized carbons (Fsp3) is 0.500. The van der Waals surface area contributed by atoms with Crippen LogP contribution in [-0.4, -0.2) is 59.5 Å². The van der Waals surface area contributed by atoms with Crippen molar-refractivity contribution in [1.29, 1.82) is 0 Å². The van der Waals surface area contributed by atoms with Crippen LogP contribution < -0.4 is 16.0 Å². The molecule has 2 heterocycles. The Labute approximate surface area is 187 Å². The summed E-state index contributed by atoms with van der Waals surface area (Å²) < 4.78 is 14.5. The predicted molar refractivity (Wildman–Crippen MR) is 121 cm³/mol. The summed E-state index contributed by atoms with van der Waals surface area (Å²) in [6.07, 6.45) is 3.59. The molecule has 4 N–H and O–H groups in total. The Morgan fingerprint density at radius 3 is 2.78 bits per heavy atom. The van der Waals surface area contributed by atoms with Crippen LogP contribution in [-0.2, 0) is 4.79 Å². The van der Waals surface area contributed by atoms with E-state index in [4.69, 9.17) is 5.11 Å². The van der Waals surface area contributed by atoms with E-state index in [1.54, 1.807) is 12.1 Å². The van der Waals surface area contributed by atoms with Crippen molar-refractivity contribution >= 4 is 17.4 Å². The Bertz CT molecular complexity index is 958. The second-order valence-electron chi connectivity index (χ2n) is 8.90. The fourth-order valence-electron chi connectivity index (χ4n) is 5.12. The Kier molecular flexibility index (Phi) is 6.35. The Balaban J connectivity index is 1.51. The lowest BCUT2D eigenvalue weighted by atomic mass is 9.78. The summed E-state index contributed by atoms with van der Waals surface area (Å²) in [6, 6.07) is 7.18. The molecule has 3 atom stereocenters. The molecule has 2 saturated heterocycles. The zero-order valence-corrected chi connectivity index (χ0v) is 18.6. The number of aliphatic hydroxyl groups is 1. The summed E-state index contributed by atoms with van der Waals surface area (Å²) in [6.45, 7) is 5.46. The van der Waals surface area contributed by atoms with Crippen molar-refractivity contribution in [1.82, 2.24) is 15.5 Å². The Morgan fingerprint density at radius 1 is 1.34 bits per heavy atom. The number of hydrogen-bond donors (Lipinski definition) is 4. The van der Waals surface area contributed by atoms with Crippen molar-refractivity contribution in [3.8, 4) is 0 Å². The number of anilines is 1. The molecule has 1 amide bonds. The summed E-state index contributed by atoms with van der Waals surface area (Å²) in [5.41, 5.74) is 2.00. The minimum atomic E-state index is -0.820. The van der Waals surface area contributed by atoms with E-state index in [2.05, 4.69) is 20.9 Å². The highest BCUT2D eigenvalue weighted by atomic mass is 19.1. The van der Waals surface area contributed by atoms with Gasteiger partial charge in [0.05, 0.1) is 5.70 Å². The van der Waals surface area contributed by atoms with Crippen molar-refractivity contribution in [2.75, 3.05) is 31.6 Å². The quantitative estimate of drug-likeness (QED) is 0.485. The molecule has 1 aliphatic carbocycles. The monoisotopic (exact) mass is 442 g/mol. The summed E-state index contributed by atoms with van der Waals surface area (Å²) in [7, 11) is 0. The van der Waals surface area contributed by atoms with Crippen LogP contribution in [0, 0.1) is 5.92 Å². The van der Waals surface area contributed by atoms with Crippen molar-refractivity contribution in [3.05, 3.63) is 53.1 Å². The molecule has 1 aromatic rings. The Morgan fingerprint density at radius 2 is 2.09 bits per heavy atom. The molecule has 2 unspecified atom stereocenters. The lowest BCUT2D eigenvalue weighted by molar-refractivity contribution is -0.131. The number of likely N-dealkylation sites (N-methyl/N-ethyl adjacent to an activating group) is 1. The molecule has 0 saturated carbocycles. The molecule has 0 bridgehead atoms. The van der Waals surface area contributed by atoms with Gasteiger partial charge < -0.3 is 21.1 Å². The maximum absolute atomic E-state index is 14.5. The molecule has 2 aliphatic heterocycles. The predicted octanol–water partition coefficient (Wildman–Crippen LogP) is 2.32. The number of amides is 1. The first kappa shape index (κ1) is 22.5. The number of carbonyl (C=O) groups excluding carboxylic acids is 2. The number of nitrogens with zero attached hydrogens (tertiary/aromatic N) is 1. The van der Waals surface area contributed by atoms with Gasteiger partial charge in [-0.2, -0.15) is 0 Å². The van der Waals surface area contributed by atoms with Crippen LogP contribution >= 0.6 is 0 Å². The summed E-state index contributed by atoms with van der Waals surface area (Å²) >= 11 is 0. The minimum Gasteiger partial charge on any atom is -0.388 e. The van der Waals surface area contributed by atoms with Crippen LogP contribution in [0.3, 0.4) is 0 Å². The van der Waals surface area contributed by atoms with E-state index in [9.17, 15) is 14.0 Å².